The molecule has 0 aromatic heterocycles. The van der Waals surface area contributed by atoms with Crippen LogP contribution in [-0.2, 0) is 9.59 Å². The number of hydrogen-bond acceptors (Lipinski definition) is 6. The van der Waals surface area contributed by atoms with Crippen LogP contribution in [0.2, 0.25) is 0 Å². The molecule has 0 unspecified atom stereocenters. The Morgan fingerprint density at radius 1 is 0.878 bits per heavy atom. The number of amides is 3. The molecule has 2 aliphatic heterocycles. The summed E-state index contributed by atoms with van der Waals surface area (Å²) in [6, 6.07) is 20.8. The molecule has 1 N–H and O–H groups in total. The summed E-state index contributed by atoms with van der Waals surface area (Å²) in [5.74, 6) is 0.341. The lowest BCUT2D eigenvalue weighted by Gasteiger charge is -2.43. The molecule has 9 nitrogen and oxygen atoms in total. The average molecular weight is 557 g/mol. The lowest BCUT2D eigenvalue weighted by molar-refractivity contribution is -0.136. The standard InChI is InChI=1S/C32H36N4O5/c1-22-13-14-24(19-23(22)2)33-28(37)20-35-21-36(25-9-6-5-7-10-25)32(31(35)39)15-17-34(18-16-32)30(38)29-26(40-3)11-8-12-27(29)41-4/h5-14,19H,15-18,20-21H2,1-4H3,(H,33,37). The summed E-state index contributed by atoms with van der Waals surface area (Å²) in [6.45, 7) is 5.00. The number of rotatable bonds is 7. The Labute approximate surface area is 240 Å². The van der Waals surface area contributed by atoms with Gasteiger partial charge in [0, 0.05) is 24.5 Å². The van der Waals surface area contributed by atoms with Crippen molar-refractivity contribution in [2.45, 2.75) is 32.2 Å². The molecule has 41 heavy (non-hydrogen) atoms. The lowest BCUT2D eigenvalue weighted by atomic mass is 9.85. The van der Waals surface area contributed by atoms with E-state index in [2.05, 4.69) is 10.2 Å². The van der Waals surface area contributed by atoms with Crippen LogP contribution in [0.5, 0.6) is 11.5 Å². The topological polar surface area (TPSA) is 91.4 Å². The van der Waals surface area contributed by atoms with Gasteiger partial charge in [-0.05, 0) is 74.2 Å². The highest BCUT2D eigenvalue weighted by Crippen LogP contribution is 2.40. The first-order valence-corrected chi connectivity index (χ1v) is 13.8. The smallest absolute Gasteiger partial charge is 0.261 e. The third-order valence-corrected chi connectivity index (χ3v) is 8.23. The molecule has 2 heterocycles. The highest BCUT2D eigenvalue weighted by Gasteiger charge is 2.54. The fourth-order valence-electron chi connectivity index (χ4n) is 5.82. The molecule has 3 aromatic rings. The number of anilines is 2. The Morgan fingerprint density at radius 3 is 2.15 bits per heavy atom. The number of para-hydroxylation sites is 1. The number of aryl methyl sites for hydroxylation is 2. The minimum atomic E-state index is -0.857. The highest BCUT2D eigenvalue weighted by atomic mass is 16.5. The minimum Gasteiger partial charge on any atom is -0.496 e. The molecule has 3 aromatic carbocycles. The predicted octanol–water partition coefficient (Wildman–Crippen LogP) is 4.24. The van der Waals surface area contributed by atoms with Crippen LogP contribution in [-0.4, -0.2) is 73.6 Å². The Kier molecular flexibility index (Phi) is 7.88. The molecule has 1 spiro atoms. The third-order valence-electron chi connectivity index (χ3n) is 8.23. The van der Waals surface area contributed by atoms with Crippen LogP contribution >= 0.6 is 0 Å². The SMILES string of the molecule is COc1cccc(OC)c1C(=O)N1CCC2(CC1)C(=O)N(CC(=O)Nc1ccc(C)c(C)c1)CN2c1ccccc1. The maximum Gasteiger partial charge on any atom is 0.261 e. The summed E-state index contributed by atoms with van der Waals surface area (Å²) in [6.07, 6.45) is 0.860. The summed E-state index contributed by atoms with van der Waals surface area (Å²) in [4.78, 5) is 46.2. The summed E-state index contributed by atoms with van der Waals surface area (Å²) >= 11 is 0. The van der Waals surface area contributed by atoms with Gasteiger partial charge < -0.3 is 29.5 Å². The van der Waals surface area contributed by atoms with Gasteiger partial charge in [-0.2, -0.15) is 0 Å². The van der Waals surface area contributed by atoms with Crippen molar-refractivity contribution in [1.82, 2.24) is 9.80 Å². The Hall–Kier alpha value is -4.53. The number of carbonyl (C=O) groups excluding carboxylic acids is 3. The van der Waals surface area contributed by atoms with Gasteiger partial charge in [0.1, 0.15) is 29.1 Å². The van der Waals surface area contributed by atoms with Crippen molar-refractivity contribution in [3.05, 3.63) is 83.4 Å². The first kappa shape index (κ1) is 28.0. The Morgan fingerprint density at radius 2 is 1.54 bits per heavy atom. The van der Waals surface area contributed by atoms with Crippen molar-refractivity contribution in [3.63, 3.8) is 0 Å². The summed E-state index contributed by atoms with van der Waals surface area (Å²) in [5, 5.41) is 2.94. The lowest BCUT2D eigenvalue weighted by Crippen LogP contribution is -2.57. The molecule has 9 heteroatoms. The van der Waals surface area contributed by atoms with E-state index in [-0.39, 0.29) is 30.9 Å². The number of likely N-dealkylation sites (tertiary alicyclic amines) is 1. The van der Waals surface area contributed by atoms with Gasteiger partial charge in [0.05, 0.1) is 20.9 Å². The van der Waals surface area contributed by atoms with Gasteiger partial charge in [-0.25, -0.2) is 0 Å². The van der Waals surface area contributed by atoms with Gasteiger partial charge in [0.2, 0.25) is 5.91 Å². The summed E-state index contributed by atoms with van der Waals surface area (Å²) in [5.41, 5.74) is 3.36. The van der Waals surface area contributed by atoms with E-state index in [1.165, 1.54) is 14.2 Å². The summed E-state index contributed by atoms with van der Waals surface area (Å²) < 4.78 is 10.9. The number of ether oxygens (including phenoxy) is 2. The fourth-order valence-corrected chi connectivity index (χ4v) is 5.82. The van der Waals surface area contributed by atoms with Crippen molar-refractivity contribution in [1.29, 1.82) is 0 Å². The molecule has 2 fully saturated rings. The monoisotopic (exact) mass is 556 g/mol. The van der Waals surface area contributed by atoms with Crippen LogP contribution in [0.15, 0.2) is 66.7 Å². The zero-order valence-corrected chi connectivity index (χ0v) is 24.0. The number of nitrogens with zero attached hydrogens (tertiary/aromatic N) is 3. The highest BCUT2D eigenvalue weighted by molar-refractivity contribution is 6.01. The second kappa shape index (κ2) is 11.5. The molecule has 0 radical (unpaired) electrons. The second-order valence-electron chi connectivity index (χ2n) is 10.6. The second-order valence-corrected chi connectivity index (χ2v) is 10.6. The zero-order chi connectivity index (χ0) is 29.1. The van der Waals surface area contributed by atoms with E-state index in [0.717, 1.165) is 16.8 Å². The molecule has 0 aliphatic carbocycles. The first-order chi connectivity index (χ1) is 19.8. The molecule has 5 rings (SSSR count). The van der Waals surface area contributed by atoms with Crippen LogP contribution in [0.25, 0.3) is 0 Å². The van der Waals surface area contributed by atoms with Crippen molar-refractivity contribution >= 4 is 29.1 Å². The Balaban J connectivity index is 1.36. The quantitative estimate of drug-likeness (QED) is 0.468. The fraction of sp³-hybridized carbons (Fsp3) is 0.344. The molecule has 214 valence electrons. The first-order valence-electron chi connectivity index (χ1n) is 13.8. The van der Waals surface area contributed by atoms with Gasteiger partial charge in [0.15, 0.2) is 0 Å². The molecule has 0 saturated carbocycles. The number of piperidine rings is 1. The number of benzene rings is 3. The van der Waals surface area contributed by atoms with Crippen molar-refractivity contribution in [2.75, 3.05) is 50.7 Å². The molecule has 2 saturated heterocycles. The van der Waals surface area contributed by atoms with E-state index < -0.39 is 5.54 Å². The number of nitrogens with one attached hydrogen (secondary N) is 1. The van der Waals surface area contributed by atoms with Crippen molar-refractivity contribution < 1.29 is 23.9 Å². The predicted molar refractivity (Wildman–Crippen MR) is 157 cm³/mol. The maximum atomic E-state index is 14.1. The molecule has 2 aliphatic rings. The van der Waals surface area contributed by atoms with E-state index in [1.54, 1.807) is 28.0 Å². The van der Waals surface area contributed by atoms with Crippen molar-refractivity contribution in [3.8, 4) is 11.5 Å². The molecule has 0 atom stereocenters. The molecular formula is C32H36N4O5. The summed E-state index contributed by atoms with van der Waals surface area (Å²) in [7, 11) is 3.05. The largest absolute Gasteiger partial charge is 0.496 e. The Bertz CT molecular complexity index is 1430. The minimum absolute atomic E-state index is 0.0576. The van der Waals surface area contributed by atoms with Gasteiger partial charge in [0.25, 0.3) is 11.8 Å². The number of hydrogen-bond donors (Lipinski definition) is 1. The van der Waals surface area contributed by atoms with Crippen LogP contribution < -0.4 is 19.7 Å². The number of methoxy groups -OCH3 is 2. The molecule has 0 bridgehead atoms. The van der Waals surface area contributed by atoms with Crippen LogP contribution in [0.4, 0.5) is 11.4 Å². The van der Waals surface area contributed by atoms with E-state index in [9.17, 15) is 14.4 Å². The van der Waals surface area contributed by atoms with Gasteiger partial charge >= 0.3 is 0 Å². The van der Waals surface area contributed by atoms with Gasteiger partial charge in [-0.3, -0.25) is 14.4 Å². The van der Waals surface area contributed by atoms with E-state index in [4.69, 9.17) is 9.47 Å². The van der Waals surface area contributed by atoms with Crippen LogP contribution in [0.1, 0.15) is 34.3 Å². The van der Waals surface area contributed by atoms with Gasteiger partial charge in [-0.15, -0.1) is 0 Å². The third kappa shape index (κ3) is 5.31. The van der Waals surface area contributed by atoms with Crippen LogP contribution in [0.3, 0.4) is 0 Å². The van der Waals surface area contributed by atoms with E-state index in [1.807, 2.05) is 62.4 Å². The van der Waals surface area contributed by atoms with Crippen molar-refractivity contribution in [2.24, 2.45) is 0 Å². The maximum absolute atomic E-state index is 14.1. The zero-order valence-electron chi connectivity index (χ0n) is 24.0. The average Bonchev–Trinajstić information content (AvgIpc) is 3.25. The number of carbonyl (C=O) groups is 3. The van der Waals surface area contributed by atoms with E-state index in [0.29, 0.717) is 48.7 Å². The molecular weight excluding hydrogens is 520 g/mol. The van der Waals surface area contributed by atoms with Gasteiger partial charge in [-0.1, -0.05) is 30.3 Å². The normalized spacial score (nSPS) is 16.2. The van der Waals surface area contributed by atoms with E-state index >= 15 is 0 Å². The van der Waals surface area contributed by atoms with Crippen LogP contribution in [0, 0.1) is 13.8 Å². The molecule has 3 amide bonds.